The second-order valence-corrected chi connectivity index (χ2v) is 13.3. The van der Waals surface area contributed by atoms with E-state index in [0.717, 1.165) is 78.2 Å². The maximum atomic E-state index is 7.54. The van der Waals surface area contributed by atoms with Gasteiger partial charge >= 0.3 is 0 Å². The zero-order valence-electron chi connectivity index (χ0n) is 37.2. The predicted molar refractivity (Wildman–Crippen MR) is 215 cm³/mol. The minimum atomic E-state index is -2.61. The van der Waals surface area contributed by atoms with E-state index < -0.39 is 20.6 Å². The number of para-hydroxylation sites is 5. The van der Waals surface area contributed by atoms with Crippen LogP contribution in [-0.2, 0) is 20.1 Å². The van der Waals surface area contributed by atoms with Crippen LogP contribution in [0, 0.1) is 32.7 Å². The van der Waals surface area contributed by atoms with Gasteiger partial charge in [0.2, 0.25) is 6.71 Å². The quantitative estimate of drug-likeness (QED) is 0.0947. The molecular formula is C46H30BIrN5O-2. The van der Waals surface area contributed by atoms with Gasteiger partial charge in [0.1, 0.15) is 5.75 Å². The van der Waals surface area contributed by atoms with Crippen molar-refractivity contribution in [1.29, 1.82) is 0 Å². The first-order chi connectivity index (χ1) is 29.7. The molecule has 8 heteroatoms. The molecule has 6 aromatic carbocycles. The molecule has 0 fully saturated rings. The van der Waals surface area contributed by atoms with E-state index in [1.807, 2.05) is 18.5 Å². The van der Waals surface area contributed by atoms with Crippen LogP contribution in [0.3, 0.4) is 0 Å². The van der Waals surface area contributed by atoms with E-state index in [9.17, 15) is 0 Å². The summed E-state index contributed by atoms with van der Waals surface area (Å²) in [6.07, 6.45) is 2.98. The van der Waals surface area contributed by atoms with Gasteiger partial charge in [-0.25, -0.2) is 4.98 Å². The van der Waals surface area contributed by atoms with Crippen molar-refractivity contribution < 1.29 is 37.2 Å². The van der Waals surface area contributed by atoms with Crippen molar-refractivity contribution in [1.82, 2.24) is 23.9 Å². The average Bonchev–Trinajstić information content (AvgIpc) is 3.87. The zero-order valence-corrected chi connectivity index (χ0v) is 30.6. The van der Waals surface area contributed by atoms with Crippen LogP contribution in [0.4, 0.5) is 0 Å². The summed E-state index contributed by atoms with van der Waals surface area (Å²) in [4.78, 5) is 14.0. The van der Waals surface area contributed by atoms with Crippen LogP contribution in [0.1, 0.15) is 29.0 Å². The van der Waals surface area contributed by atoms with E-state index in [1.165, 1.54) is 35.2 Å². The fourth-order valence-corrected chi connectivity index (χ4v) is 8.03. The van der Waals surface area contributed by atoms with Crippen LogP contribution >= 0.6 is 0 Å². The summed E-state index contributed by atoms with van der Waals surface area (Å²) in [6.45, 7) is -7.44. The first kappa shape index (κ1) is 24.3. The molecule has 12 rings (SSSR count). The van der Waals surface area contributed by atoms with Crippen molar-refractivity contribution in [2.45, 2.75) is 20.6 Å². The molecule has 0 bridgehead atoms. The van der Waals surface area contributed by atoms with E-state index in [1.54, 1.807) is 0 Å². The maximum absolute atomic E-state index is 7.54. The summed E-state index contributed by atoms with van der Waals surface area (Å²) in [5.74, 6) is 1.64. The van der Waals surface area contributed by atoms with E-state index in [4.69, 9.17) is 27.0 Å². The van der Waals surface area contributed by atoms with Gasteiger partial charge in [-0.15, -0.1) is 35.4 Å². The van der Waals surface area contributed by atoms with Crippen LogP contribution in [0.15, 0.2) is 128 Å². The van der Waals surface area contributed by atoms with Gasteiger partial charge < -0.3 is 18.7 Å². The predicted octanol–water partition coefficient (Wildman–Crippen LogP) is 8.34. The Bertz CT molecular complexity index is 3490. The second kappa shape index (κ2) is 12.2. The molecule has 54 heavy (non-hydrogen) atoms. The van der Waals surface area contributed by atoms with Gasteiger partial charge in [-0.2, -0.15) is 0 Å². The summed E-state index contributed by atoms with van der Waals surface area (Å²) in [7, 11) is 0. The van der Waals surface area contributed by atoms with Crippen molar-refractivity contribution >= 4 is 72.5 Å². The van der Waals surface area contributed by atoms with Gasteiger partial charge in [-0.05, 0) is 71.8 Å². The molecular weight excluding hydrogens is 842 g/mol. The summed E-state index contributed by atoms with van der Waals surface area (Å²) < 4.78 is 78.1. The normalized spacial score (nSPS) is 15.5. The third kappa shape index (κ3) is 4.67. The fraction of sp³-hybridized carbons (Fsp3) is 0.0652. The molecule has 0 atom stereocenters. The first-order valence-electron chi connectivity index (χ1n) is 21.6. The molecule has 0 aliphatic carbocycles. The Morgan fingerprint density at radius 3 is 2.46 bits per heavy atom. The molecule has 0 N–H and O–H groups in total. The molecule has 0 saturated heterocycles. The number of aryl methyl sites for hydroxylation is 3. The summed E-state index contributed by atoms with van der Waals surface area (Å²) in [5, 5.41) is 3.24. The van der Waals surface area contributed by atoms with Gasteiger partial charge in [-0.1, -0.05) is 107 Å². The van der Waals surface area contributed by atoms with Gasteiger partial charge in [0.15, 0.2) is 0 Å². The van der Waals surface area contributed by atoms with Crippen molar-refractivity contribution in [2.75, 3.05) is 0 Å². The molecule has 6 heterocycles. The standard InChI is InChI=1S/C32H16BN4O.C14H14N.Ir/c1-4-13-24-18(8-1)28-19(32-35-22-11-3-5-14-25(22)37(24)32)16-27-29-31(28)36-17-34-23-12-7-10-21(30(23)36)33(29)20-9-2-6-15-26(20)38-27;1-10-4-6-13(7-5-10)14-8-11(2)12(3)9-15-14;/h1-15,17H;4-6,8-9H,1-3H3;/q2*-1;/i;1D3,2D3,3D3;. The largest absolute Gasteiger partial charge is 0.478 e. The van der Waals surface area contributed by atoms with Crippen molar-refractivity contribution in [3.8, 4) is 28.4 Å². The van der Waals surface area contributed by atoms with Gasteiger partial charge in [0.25, 0.3) is 0 Å². The number of rotatable bonds is 1. The number of imidazole rings is 2. The van der Waals surface area contributed by atoms with Crippen LogP contribution in [-0.4, -0.2) is 30.6 Å². The smallest absolute Gasteiger partial charge is 0.204 e. The maximum Gasteiger partial charge on any atom is 0.204 e. The molecule has 1 radical (unpaired) electrons. The molecule has 2 aliphatic rings. The second-order valence-electron chi connectivity index (χ2n) is 13.3. The summed E-state index contributed by atoms with van der Waals surface area (Å²) in [6, 6.07) is 43.5. The van der Waals surface area contributed by atoms with Crippen LogP contribution in [0.2, 0.25) is 0 Å². The minimum Gasteiger partial charge on any atom is -0.478 e. The topological polar surface area (TPSA) is 57.2 Å². The zero-order chi connectivity index (χ0) is 42.9. The number of benzene rings is 6. The van der Waals surface area contributed by atoms with Gasteiger partial charge in [-0.3, -0.25) is 4.98 Å². The third-order valence-corrected chi connectivity index (χ3v) is 10.3. The fourth-order valence-electron chi connectivity index (χ4n) is 8.03. The number of aromatic nitrogens is 5. The molecule has 0 unspecified atom stereocenters. The summed E-state index contributed by atoms with van der Waals surface area (Å²) in [5.41, 5.74) is 10.9. The molecule has 10 aromatic rings. The Balaban J connectivity index is 0.000000165. The molecule has 2 aliphatic heterocycles. The number of hydrogen-bond acceptors (Lipinski definition) is 4. The molecule has 4 aromatic heterocycles. The monoisotopic (exact) mass is 881 g/mol. The number of hydrogen-bond donors (Lipinski definition) is 0. The van der Waals surface area contributed by atoms with Crippen LogP contribution in [0.25, 0.3) is 66.3 Å². The number of nitrogens with zero attached hydrogens (tertiary/aromatic N) is 5. The summed E-state index contributed by atoms with van der Waals surface area (Å²) >= 11 is 0. The Morgan fingerprint density at radius 2 is 1.59 bits per heavy atom. The Morgan fingerprint density at radius 1 is 0.778 bits per heavy atom. The number of fused-ring (bicyclic) bond motifs is 13. The van der Waals surface area contributed by atoms with Crippen molar-refractivity contribution in [3.63, 3.8) is 0 Å². The van der Waals surface area contributed by atoms with E-state index in [-0.39, 0.29) is 49.2 Å². The minimum absolute atomic E-state index is 0. The van der Waals surface area contributed by atoms with Crippen LogP contribution < -0.4 is 21.1 Å². The number of pyridine rings is 2. The Labute approximate surface area is 338 Å². The van der Waals surface area contributed by atoms with E-state index in [0.29, 0.717) is 5.56 Å². The molecule has 0 spiro atoms. The van der Waals surface area contributed by atoms with Crippen molar-refractivity contribution in [2.24, 2.45) is 0 Å². The van der Waals surface area contributed by atoms with E-state index in [2.05, 4.69) is 105 Å². The SMILES string of the molecule is [2H]C([2H])([2H])c1c[c-]c(-c2cc(C([2H])([2H])[2H])c(C([2H])([2H])[2H])cn2)cc1.[Ir].[c-]1c2c3c(c4c1c1nc5ccccc5n1c1ccccc41)-n1cnc4cccc(c41)B3c1ccccc1O2. The number of ether oxygens (including phenoxy) is 1. The average molecular weight is 881 g/mol. The van der Waals surface area contributed by atoms with Crippen molar-refractivity contribution in [3.05, 3.63) is 157 Å². The van der Waals surface area contributed by atoms with Gasteiger partial charge in [0, 0.05) is 49.9 Å². The van der Waals surface area contributed by atoms with Gasteiger partial charge in [0.05, 0.1) is 34.0 Å². The molecule has 0 amide bonds. The van der Waals surface area contributed by atoms with E-state index >= 15 is 0 Å². The van der Waals surface area contributed by atoms with Crippen LogP contribution in [0.5, 0.6) is 11.5 Å². The Kier molecular flexibility index (Phi) is 5.50. The third-order valence-electron chi connectivity index (χ3n) is 10.3. The molecule has 6 nitrogen and oxygen atoms in total. The molecule has 259 valence electrons. The molecule has 0 saturated carbocycles. The first-order valence-corrected chi connectivity index (χ1v) is 17.1. The Hall–Kier alpha value is -6.08.